The molecular formula is C22H20N2O6S. The number of hydrogen-bond acceptors (Lipinski definition) is 7. The second kappa shape index (κ2) is 9.77. The third-order valence-electron chi connectivity index (χ3n) is 4.15. The molecule has 0 saturated heterocycles. The number of amides is 1. The van der Waals surface area contributed by atoms with Crippen molar-refractivity contribution in [3.8, 4) is 17.2 Å². The van der Waals surface area contributed by atoms with E-state index in [0.29, 0.717) is 16.9 Å². The monoisotopic (exact) mass is 440 g/mol. The summed E-state index contributed by atoms with van der Waals surface area (Å²) in [5, 5.41) is 3.92. The maximum absolute atomic E-state index is 12.4. The molecule has 0 spiro atoms. The van der Waals surface area contributed by atoms with E-state index >= 15 is 0 Å². The number of rotatable bonds is 8. The van der Waals surface area contributed by atoms with Gasteiger partial charge < -0.3 is 13.7 Å². The fourth-order valence-corrected chi connectivity index (χ4v) is 3.52. The van der Waals surface area contributed by atoms with Gasteiger partial charge >= 0.3 is 10.1 Å². The molecule has 0 aliphatic heterocycles. The minimum atomic E-state index is -4.00. The molecule has 0 radical (unpaired) electrons. The van der Waals surface area contributed by atoms with Crippen molar-refractivity contribution in [2.75, 3.05) is 14.2 Å². The average Bonchev–Trinajstić information content (AvgIpc) is 2.80. The van der Waals surface area contributed by atoms with Crippen molar-refractivity contribution in [1.29, 1.82) is 0 Å². The minimum Gasteiger partial charge on any atom is -0.497 e. The molecule has 1 N–H and O–H groups in total. The summed E-state index contributed by atoms with van der Waals surface area (Å²) >= 11 is 0. The van der Waals surface area contributed by atoms with Gasteiger partial charge in [0.05, 0.1) is 20.4 Å². The Labute approximate surface area is 180 Å². The van der Waals surface area contributed by atoms with Gasteiger partial charge in [-0.3, -0.25) is 4.79 Å². The summed E-state index contributed by atoms with van der Waals surface area (Å²) in [5.74, 6) is 0.485. The van der Waals surface area contributed by atoms with Crippen LogP contribution in [0, 0.1) is 0 Å². The molecule has 3 aromatic rings. The number of hydrazone groups is 1. The number of nitrogens with zero attached hydrogens (tertiary/aromatic N) is 1. The zero-order chi connectivity index (χ0) is 22.3. The lowest BCUT2D eigenvalue weighted by Crippen LogP contribution is -2.17. The number of ether oxygens (including phenoxy) is 2. The van der Waals surface area contributed by atoms with Crippen molar-refractivity contribution >= 4 is 22.2 Å². The molecule has 0 fully saturated rings. The first kappa shape index (κ1) is 21.8. The van der Waals surface area contributed by atoms with Gasteiger partial charge in [0.1, 0.15) is 10.6 Å². The fraction of sp³-hybridized carbons (Fsp3) is 0.0909. The Hall–Kier alpha value is -3.85. The summed E-state index contributed by atoms with van der Waals surface area (Å²) in [4.78, 5) is 12.2. The molecular weight excluding hydrogens is 420 g/mol. The van der Waals surface area contributed by atoms with Gasteiger partial charge in [0, 0.05) is 5.56 Å². The largest absolute Gasteiger partial charge is 0.497 e. The van der Waals surface area contributed by atoms with Gasteiger partial charge in [-0.2, -0.15) is 13.5 Å². The van der Waals surface area contributed by atoms with Crippen LogP contribution < -0.4 is 19.1 Å². The maximum Gasteiger partial charge on any atom is 0.339 e. The lowest BCUT2D eigenvalue weighted by atomic mass is 10.2. The molecule has 0 aliphatic rings. The third kappa shape index (κ3) is 5.61. The SMILES string of the molecule is COc1ccc(C(=O)N/N=C\c2ccc(OS(=O)(=O)c3ccccc3)c(OC)c2)cc1. The van der Waals surface area contributed by atoms with Crippen molar-refractivity contribution in [1.82, 2.24) is 5.43 Å². The molecule has 3 aromatic carbocycles. The Balaban J connectivity index is 1.70. The average molecular weight is 440 g/mol. The van der Waals surface area contributed by atoms with E-state index in [2.05, 4.69) is 10.5 Å². The molecule has 160 valence electrons. The second-order valence-electron chi connectivity index (χ2n) is 6.19. The predicted octanol–water partition coefficient (Wildman–Crippen LogP) is 3.24. The summed E-state index contributed by atoms with van der Waals surface area (Å²) < 4.78 is 40.3. The van der Waals surface area contributed by atoms with Crippen molar-refractivity contribution < 1.29 is 26.9 Å². The Bertz CT molecular complexity index is 1180. The van der Waals surface area contributed by atoms with Crippen LogP contribution in [-0.2, 0) is 10.1 Å². The zero-order valence-electron chi connectivity index (χ0n) is 16.8. The molecule has 0 heterocycles. The zero-order valence-corrected chi connectivity index (χ0v) is 17.6. The minimum absolute atomic E-state index is 0.0314. The first-order chi connectivity index (χ1) is 14.9. The van der Waals surface area contributed by atoms with E-state index in [9.17, 15) is 13.2 Å². The first-order valence-corrected chi connectivity index (χ1v) is 10.5. The van der Waals surface area contributed by atoms with E-state index in [-0.39, 0.29) is 22.3 Å². The molecule has 0 unspecified atom stereocenters. The predicted molar refractivity (Wildman–Crippen MR) is 115 cm³/mol. The molecule has 0 aromatic heterocycles. The van der Waals surface area contributed by atoms with Gasteiger partial charge in [-0.1, -0.05) is 18.2 Å². The van der Waals surface area contributed by atoms with Crippen molar-refractivity contribution in [3.63, 3.8) is 0 Å². The van der Waals surface area contributed by atoms with E-state index in [1.165, 1.54) is 31.5 Å². The summed E-state index contributed by atoms with van der Waals surface area (Å²) in [6, 6.07) is 19.0. The van der Waals surface area contributed by atoms with Crippen LogP contribution in [0.3, 0.4) is 0 Å². The van der Waals surface area contributed by atoms with Crippen LogP contribution >= 0.6 is 0 Å². The van der Waals surface area contributed by atoms with E-state index in [0.717, 1.165) is 0 Å². The molecule has 8 nitrogen and oxygen atoms in total. The third-order valence-corrected chi connectivity index (χ3v) is 5.40. The van der Waals surface area contributed by atoms with Gasteiger partial charge in [-0.25, -0.2) is 5.43 Å². The van der Waals surface area contributed by atoms with Gasteiger partial charge in [-0.05, 0) is 60.2 Å². The second-order valence-corrected chi connectivity index (χ2v) is 7.73. The topological polar surface area (TPSA) is 103 Å². The number of nitrogens with one attached hydrogen (secondary N) is 1. The van der Waals surface area contributed by atoms with Crippen LogP contribution in [-0.4, -0.2) is 34.8 Å². The highest BCUT2D eigenvalue weighted by atomic mass is 32.2. The lowest BCUT2D eigenvalue weighted by molar-refractivity contribution is 0.0955. The fourth-order valence-electron chi connectivity index (χ4n) is 2.56. The molecule has 0 bridgehead atoms. The summed E-state index contributed by atoms with van der Waals surface area (Å²) in [6.07, 6.45) is 1.40. The van der Waals surface area contributed by atoms with E-state index < -0.39 is 10.1 Å². The molecule has 0 aliphatic carbocycles. The molecule has 1 amide bonds. The number of methoxy groups -OCH3 is 2. The Morgan fingerprint density at radius 2 is 1.61 bits per heavy atom. The maximum atomic E-state index is 12.4. The van der Waals surface area contributed by atoms with Gasteiger partial charge in [0.25, 0.3) is 5.91 Å². The van der Waals surface area contributed by atoms with Crippen LogP contribution in [0.15, 0.2) is 82.8 Å². The quantitative estimate of drug-likeness (QED) is 0.328. The van der Waals surface area contributed by atoms with Gasteiger partial charge in [0.2, 0.25) is 0 Å². The number of hydrogen-bond donors (Lipinski definition) is 1. The highest BCUT2D eigenvalue weighted by molar-refractivity contribution is 7.87. The van der Waals surface area contributed by atoms with Crippen molar-refractivity contribution in [2.45, 2.75) is 4.90 Å². The molecule has 31 heavy (non-hydrogen) atoms. The van der Waals surface area contributed by atoms with Gasteiger partial charge in [-0.15, -0.1) is 0 Å². The number of carbonyl (C=O) groups excluding carboxylic acids is 1. The molecule has 0 atom stereocenters. The first-order valence-electron chi connectivity index (χ1n) is 9.08. The van der Waals surface area contributed by atoms with E-state index in [4.69, 9.17) is 13.7 Å². The van der Waals surface area contributed by atoms with Crippen LogP contribution in [0.1, 0.15) is 15.9 Å². The smallest absolute Gasteiger partial charge is 0.339 e. The highest BCUT2D eigenvalue weighted by Crippen LogP contribution is 2.30. The molecule has 9 heteroatoms. The molecule has 0 saturated carbocycles. The van der Waals surface area contributed by atoms with E-state index in [1.807, 2.05) is 0 Å². The normalized spacial score (nSPS) is 11.2. The summed E-state index contributed by atoms with van der Waals surface area (Å²) in [6.45, 7) is 0. The van der Waals surface area contributed by atoms with Crippen LogP contribution in [0.25, 0.3) is 0 Å². The van der Waals surface area contributed by atoms with Crippen LogP contribution in [0.4, 0.5) is 0 Å². The Kier molecular flexibility index (Phi) is 6.88. The van der Waals surface area contributed by atoms with Gasteiger partial charge in [0.15, 0.2) is 11.5 Å². The summed E-state index contributed by atoms with van der Waals surface area (Å²) in [7, 11) is -1.07. The Morgan fingerprint density at radius 3 is 2.26 bits per heavy atom. The standard InChI is InChI=1S/C22H20N2O6S/c1-28-18-11-9-17(10-12-18)22(25)24-23-15-16-8-13-20(21(14-16)29-2)30-31(26,27)19-6-4-3-5-7-19/h3-15H,1-2H3,(H,24,25)/b23-15-. The lowest BCUT2D eigenvalue weighted by Gasteiger charge is -2.11. The Morgan fingerprint density at radius 1 is 0.903 bits per heavy atom. The molecule has 3 rings (SSSR count). The van der Waals surface area contributed by atoms with Crippen LogP contribution in [0.5, 0.6) is 17.2 Å². The highest BCUT2D eigenvalue weighted by Gasteiger charge is 2.18. The number of benzene rings is 3. The van der Waals surface area contributed by atoms with Crippen LogP contribution in [0.2, 0.25) is 0 Å². The summed E-state index contributed by atoms with van der Waals surface area (Å²) in [5.41, 5.74) is 3.41. The van der Waals surface area contributed by atoms with Crippen molar-refractivity contribution in [3.05, 3.63) is 83.9 Å². The van der Waals surface area contributed by atoms with E-state index in [1.54, 1.807) is 61.7 Å². The van der Waals surface area contributed by atoms with Crippen molar-refractivity contribution in [2.24, 2.45) is 5.10 Å². The number of carbonyl (C=O) groups is 1.